The van der Waals surface area contributed by atoms with Crippen molar-refractivity contribution in [3.8, 4) is 0 Å². The maximum Gasteiger partial charge on any atom is 0.416 e. The normalized spacial score (nSPS) is 12.1. The van der Waals surface area contributed by atoms with Crippen LogP contribution in [0.1, 0.15) is 19.4 Å². The lowest BCUT2D eigenvalue weighted by molar-refractivity contribution is -0.112. The van der Waals surface area contributed by atoms with Crippen molar-refractivity contribution in [3.05, 3.63) is 70.2 Å². The van der Waals surface area contributed by atoms with Gasteiger partial charge in [-0.15, -0.1) is 0 Å². The Morgan fingerprint density at radius 3 is 2.59 bits per heavy atom. The van der Waals surface area contributed by atoms with Crippen molar-refractivity contribution >= 4 is 39.9 Å². The molecule has 0 unspecified atom stereocenters. The minimum atomic E-state index is -4.65. The van der Waals surface area contributed by atoms with Gasteiger partial charge in [0.2, 0.25) is 0 Å². The van der Waals surface area contributed by atoms with Gasteiger partial charge in [-0.2, -0.15) is 18.3 Å². The summed E-state index contributed by atoms with van der Waals surface area (Å²) in [6.45, 7) is 4.44. The largest absolute Gasteiger partial charge is 0.416 e. The number of hydrogen-bond donors (Lipinski definition) is 2. The first-order valence-electron chi connectivity index (χ1n) is 9.55. The zero-order valence-corrected chi connectivity index (χ0v) is 18.6. The topological polar surface area (TPSA) is 73.9 Å². The third-order valence-electron chi connectivity index (χ3n) is 4.90. The second kappa shape index (κ2) is 9.04. The van der Waals surface area contributed by atoms with E-state index in [-0.39, 0.29) is 22.1 Å². The highest BCUT2D eigenvalue weighted by molar-refractivity contribution is 6.33. The van der Waals surface area contributed by atoms with Crippen molar-refractivity contribution in [2.45, 2.75) is 26.9 Å². The molecule has 0 radical (unpaired) electrons. The van der Waals surface area contributed by atoms with Crippen LogP contribution in [0, 0.1) is 6.92 Å². The Morgan fingerprint density at radius 2 is 1.97 bits per heavy atom. The molecule has 3 rings (SSSR count). The quantitative estimate of drug-likeness (QED) is 0.371. The van der Waals surface area contributed by atoms with Crippen molar-refractivity contribution in [1.82, 2.24) is 15.2 Å². The van der Waals surface area contributed by atoms with Gasteiger partial charge in [-0.05, 0) is 56.7 Å². The van der Waals surface area contributed by atoms with E-state index in [1.807, 2.05) is 0 Å². The number of aromatic amines is 1. The number of rotatable bonds is 5. The molecule has 0 bridgehead atoms. The Bertz CT molecular complexity index is 1230. The summed E-state index contributed by atoms with van der Waals surface area (Å²) in [5.74, 6) is -0.606. The van der Waals surface area contributed by atoms with E-state index in [1.54, 1.807) is 31.3 Å². The molecule has 168 valence electrons. The molecule has 0 aliphatic heterocycles. The number of aryl methyl sites for hydroxylation is 1. The van der Waals surface area contributed by atoms with Crippen LogP contribution < -0.4 is 10.2 Å². The average Bonchev–Trinajstić information content (AvgIpc) is 3.19. The number of amides is 1. The van der Waals surface area contributed by atoms with Gasteiger partial charge >= 0.3 is 6.18 Å². The number of halogens is 4. The van der Waals surface area contributed by atoms with Gasteiger partial charge in [-0.1, -0.05) is 17.2 Å². The van der Waals surface area contributed by atoms with Crippen LogP contribution in [0.2, 0.25) is 5.02 Å². The van der Waals surface area contributed by atoms with E-state index in [1.165, 1.54) is 38.1 Å². The first-order valence-corrected chi connectivity index (χ1v) is 9.93. The third-order valence-corrected chi connectivity index (χ3v) is 5.20. The molecule has 6 nitrogen and oxygen atoms in total. The van der Waals surface area contributed by atoms with Gasteiger partial charge in [0.1, 0.15) is 5.70 Å². The van der Waals surface area contributed by atoms with Crippen LogP contribution in [0.4, 0.5) is 24.7 Å². The fourth-order valence-electron chi connectivity index (χ4n) is 3.18. The number of H-pyrrole nitrogens is 1. The fraction of sp³-hybridized carbons (Fsp3) is 0.227. The van der Waals surface area contributed by atoms with E-state index < -0.39 is 17.7 Å². The van der Waals surface area contributed by atoms with Crippen LogP contribution >= 0.6 is 11.6 Å². The number of likely N-dealkylation sites (N-methyl/N-ethyl adjacent to an activating group) is 1. The molecule has 2 aromatic heterocycles. The Hall–Kier alpha value is -3.33. The number of hydrogen-bond acceptors (Lipinski definition) is 4. The number of aromatic nitrogens is 3. The maximum atomic E-state index is 13.7. The molecule has 0 atom stereocenters. The predicted octanol–water partition coefficient (Wildman–Crippen LogP) is 5.78. The summed E-state index contributed by atoms with van der Waals surface area (Å²) in [5.41, 5.74) is 0.659. The summed E-state index contributed by atoms with van der Waals surface area (Å²) >= 11 is 6.19. The minimum Gasteiger partial charge on any atom is -0.324 e. The number of nitrogens with zero attached hydrogens (tertiary/aromatic N) is 3. The molecule has 2 N–H and O–H groups in total. The fourth-order valence-corrected chi connectivity index (χ4v) is 3.42. The number of pyridine rings is 1. The van der Waals surface area contributed by atoms with Crippen molar-refractivity contribution in [3.63, 3.8) is 0 Å². The van der Waals surface area contributed by atoms with E-state index in [4.69, 9.17) is 11.6 Å². The van der Waals surface area contributed by atoms with Gasteiger partial charge in [-0.25, -0.2) is 4.98 Å². The number of nitrogens with one attached hydrogen (secondary N) is 2. The van der Waals surface area contributed by atoms with Crippen molar-refractivity contribution in [1.29, 1.82) is 0 Å². The molecule has 0 aliphatic rings. The van der Waals surface area contributed by atoms with Crippen LogP contribution in [0.25, 0.3) is 10.9 Å². The summed E-state index contributed by atoms with van der Waals surface area (Å²) in [6.07, 6.45) is -0.765. The Morgan fingerprint density at radius 1 is 1.25 bits per heavy atom. The van der Waals surface area contributed by atoms with Gasteiger partial charge in [0.25, 0.3) is 5.91 Å². The lowest BCUT2D eigenvalue weighted by atomic mass is 10.1. The molecule has 0 saturated heterocycles. The molecule has 0 fully saturated rings. The number of fused-ring (bicyclic) bond motifs is 1. The summed E-state index contributed by atoms with van der Waals surface area (Å²) in [6, 6.07) is 6.55. The van der Waals surface area contributed by atoms with Gasteiger partial charge in [0.15, 0.2) is 5.82 Å². The molecule has 2 heterocycles. The summed E-state index contributed by atoms with van der Waals surface area (Å²) in [7, 11) is 1.43. The highest BCUT2D eigenvalue weighted by Crippen LogP contribution is 2.33. The highest BCUT2D eigenvalue weighted by Gasteiger charge is 2.35. The average molecular weight is 464 g/mol. The SMILES string of the molecule is CC(C)=C(/C=C(/C(=O)Nc1ccc2cn[nH]c2c1C)N(C)c1ncccc1Cl)C(F)(F)F. The molecule has 32 heavy (non-hydrogen) atoms. The molecule has 1 amide bonds. The molecular formula is C22H21ClF3N5O. The Balaban J connectivity index is 2.09. The molecule has 0 spiro atoms. The zero-order chi connectivity index (χ0) is 23.6. The van der Waals surface area contributed by atoms with Crippen LogP contribution in [0.15, 0.2) is 59.6 Å². The highest BCUT2D eigenvalue weighted by atomic mass is 35.5. The summed E-state index contributed by atoms with van der Waals surface area (Å²) in [5, 5.41) is 10.5. The number of benzene rings is 1. The van der Waals surface area contributed by atoms with Crippen LogP contribution in [-0.4, -0.2) is 34.3 Å². The third kappa shape index (κ3) is 4.77. The lowest BCUT2D eigenvalue weighted by Crippen LogP contribution is -2.30. The number of carbonyl (C=O) groups excluding carboxylic acids is 1. The molecule has 3 aromatic rings. The maximum absolute atomic E-state index is 13.7. The van der Waals surface area contributed by atoms with Crippen LogP contribution in [0.5, 0.6) is 0 Å². The first-order chi connectivity index (χ1) is 15.0. The van der Waals surface area contributed by atoms with Crippen molar-refractivity contribution < 1.29 is 18.0 Å². The number of allylic oxidation sites excluding steroid dienone is 3. The number of anilines is 2. The van der Waals surface area contributed by atoms with Crippen molar-refractivity contribution in [2.24, 2.45) is 0 Å². The second-order valence-electron chi connectivity index (χ2n) is 7.34. The zero-order valence-electron chi connectivity index (χ0n) is 17.8. The number of carbonyl (C=O) groups is 1. The van der Waals surface area contributed by atoms with E-state index in [9.17, 15) is 18.0 Å². The van der Waals surface area contributed by atoms with Crippen molar-refractivity contribution in [2.75, 3.05) is 17.3 Å². The molecule has 0 saturated carbocycles. The van der Waals surface area contributed by atoms with Crippen LogP contribution in [-0.2, 0) is 4.79 Å². The second-order valence-corrected chi connectivity index (χ2v) is 7.74. The van der Waals surface area contributed by atoms with Gasteiger partial charge in [0.05, 0.1) is 22.3 Å². The Labute approximate surface area is 187 Å². The first kappa shape index (κ1) is 23.3. The molecule has 10 heteroatoms. The van der Waals surface area contributed by atoms with Gasteiger partial charge < -0.3 is 10.2 Å². The standard InChI is InChI=1S/C22H21ClF3N5O/c1-12(2)15(22(24,25)26)10-18(31(4)20-16(23)6-5-9-27-20)21(32)29-17-8-7-14-11-28-30-19(14)13(17)3/h5-11H,1-4H3,(H,28,30)(H,29,32)/b18-10-. The molecular weight excluding hydrogens is 443 g/mol. The monoisotopic (exact) mass is 463 g/mol. The summed E-state index contributed by atoms with van der Waals surface area (Å²) in [4.78, 5) is 18.6. The van der Waals surface area contributed by atoms with E-state index in [2.05, 4.69) is 20.5 Å². The van der Waals surface area contributed by atoms with E-state index in [0.29, 0.717) is 11.3 Å². The summed E-state index contributed by atoms with van der Waals surface area (Å²) < 4.78 is 41.0. The van der Waals surface area contributed by atoms with E-state index >= 15 is 0 Å². The molecule has 0 aliphatic carbocycles. The van der Waals surface area contributed by atoms with Gasteiger partial charge in [-0.3, -0.25) is 9.89 Å². The van der Waals surface area contributed by atoms with Gasteiger partial charge in [0, 0.05) is 24.3 Å². The Kier molecular flexibility index (Phi) is 6.59. The van der Waals surface area contributed by atoms with Crippen LogP contribution in [0.3, 0.4) is 0 Å². The minimum absolute atomic E-state index is 0.0124. The number of alkyl halides is 3. The molecule has 1 aromatic carbocycles. The lowest BCUT2D eigenvalue weighted by Gasteiger charge is -2.23. The predicted molar refractivity (Wildman–Crippen MR) is 120 cm³/mol. The smallest absolute Gasteiger partial charge is 0.324 e. The van der Waals surface area contributed by atoms with E-state index in [0.717, 1.165) is 17.0 Å².